The van der Waals surface area contributed by atoms with Gasteiger partial charge in [-0.2, -0.15) is 5.26 Å². The van der Waals surface area contributed by atoms with Crippen LogP contribution in [0.15, 0.2) is 18.2 Å². The fourth-order valence-corrected chi connectivity index (χ4v) is 1.34. The van der Waals surface area contributed by atoms with Crippen molar-refractivity contribution in [3.63, 3.8) is 0 Å². The Hall–Kier alpha value is -2.06. The van der Waals surface area contributed by atoms with Crippen molar-refractivity contribution < 1.29 is 15.0 Å². The number of nitriles is 1. The van der Waals surface area contributed by atoms with Crippen molar-refractivity contribution in [2.75, 3.05) is 5.73 Å². The molecule has 0 radical (unpaired) electrons. The van der Waals surface area contributed by atoms with E-state index in [2.05, 4.69) is 0 Å². The Morgan fingerprint density at radius 2 is 2.25 bits per heavy atom. The second-order valence-electron chi connectivity index (χ2n) is 3.36. The number of hydrogen-bond donors (Lipinski definition) is 3. The van der Waals surface area contributed by atoms with E-state index in [0.29, 0.717) is 18.5 Å². The molecule has 0 amide bonds. The molecule has 0 heterocycles. The monoisotopic (exact) mass is 220 g/mol. The molecular formula is C11H12N2O3. The van der Waals surface area contributed by atoms with E-state index in [4.69, 9.17) is 16.1 Å². The molecule has 0 spiro atoms. The standard InChI is InChI=1S/C11H12N2O3/c12-5-1-2-7-3-4-8(6-9(7)13)10(14)11(15)16/h3-4,6,10,14H,1-2,13H2,(H,15,16). The highest BCUT2D eigenvalue weighted by molar-refractivity contribution is 5.74. The third kappa shape index (κ3) is 2.72. The first kappa shape index (κ1) is 12.0. The summed E-state index contributed by atoms with van der Waals surface area (Å²) in [5.74, 6) is -1.32. The maximum Gasteiger partial charge on any atom is 0.337 e. The molecule has 0 saturated heterocycles. The smallest absolute Gasteiger partial charge is 0.337 e. The lowest BCUT2D eigenvalue weighted by Gasteiger charge is -2.09. The van der Waals surface area contributed by atoms with Crippen LogP contribution in [-0.4, -0.2) is 16.2 Å². The summed E-state index contributed by atoms with van der Waals surface area (Å²) >= 11 is 0. The minimum Gasteiger partial charge on any atom is -0.479 e. The Balaban J connectivity index is 2.91. The molecular weight excluding hydrogens is 208 g/mol. The van der Waals surface area contributed by atoms with Crippen LogP contribution >= 0.6 is 0 Å². The first-order valence-corrected chi connectivity index (χ1v) is 4.72. The van der Waals surface area contributed by atoms with Gasteiger partial charge >= 0.3 is 5.97 Å². The summed E-state index contributed by atoms with van der Waals surface area (Å²) in [4.78, 5) is 10.5. The molecule has 16 heavy (non-hydrogen) atoms. The van der Waals surface area contributed by atoms with Crippen LogP contribution in [0, 0.1) is 11.3 Å². The highest BCUT2D eigenvalue weighted by Crippen LogP contribution is 2.20. The number of aliphatic hydroxyl groups excluding tert-OH is 1. The zero-order chi connectivity index (χ0) is 12.1. The minimum atomic E-state index is -1.56. The first-order valence-electron chi connectivity index (χ1n) is 4.72. The van der Waals surface area contributed by atoms with Crippen molar-refractivity contribution in [1.29, 1.82) is 5.26 Å². The first-order chi connectivity index (χ1) is 7.56. The van der Waals surface area contributed by atoms with E-state index < -0.39 is 12.1 Å². The van der Waals surface area contributed by atoms with Crippen LogP contribution in [0.25, 0.3) is 0 Å². The van der Waals surface area contributed by atoms with Gasteiger partial charge in [-0.15, -0.1) is 0 Å². The Labute approximate surface area is 92.7 Å². The van der Waals surface area contributed by atoms with Gasteiger partial charge in [0, 0.05) is 12.1 Å². The van der Waals surface area contributed by atoms with Gasteiger partial charge in [0.15, 0.2) is 6.10 Å². The molecule has 1 unspecified atom stereocenters. The normalized spacial score (nSPS) is 11.8. The molecule has 0 aliphatic carbocycles. The minimum absolute atomic E-state index is 0.241. The van der Waals surface area contributed by atoms with Gasteiger partial charge in [0.2, 0.25) is 0 Å². The Kier molecular flexibility index (Phi) is 3.86. The average molecular weight is 220 g/mol. The summed E-state index contributed by atoms with van der Waals surface area (Å²) in [6.45, 7) is 0. The number of anilines is 1. The maximum absolute atomic E-state index is 10.5. The summed E-state index contributed by atoms with van der Waals surface area (Å²) in [5.41, 5.74) is 7.10. The number of carbonyl (C=O) groups is 1. The average Bonchev–Trinajstić information content (AvgIpc) is 2.26. The lowest BCUT2D eigenvalue weighted by molar-refractivity contribution is -0.146. The number of carboxylic acid groups (broad SMARTS) is 1. The van der Waals surface area contributed by atoms with Gasteiger partial charge in [-0.3, -0.25) is 0 Å². The molecule has 1 rings (SSSR count). The summed E-state index contributed by atoms with van der Waals surface area (Å²) in [7, 11) is 0. The number of nitrogens with two attached hydrogens (primary N) is 1. The lowest BCUT2D eigenvalue weighted by atomic mass is 10.0. The molecule has 1 atom stereocenters. The van der Waals surface area contributed by atoms with Crippen molar-refractivity contribution in [3.05, 3.63) is 29.3 Å². The van der Waals surface area contributed by atoms with Crippen LogP contribution in [0.3, 0.4) is 0 Å². The molecule has 5 nitrogen and oxygen atoms in total. The largest absolute Gasteiger partial charge is 0.479 e. The summed E-state index contributed by atoms with van der Waals surface area (Å²) < 4.78 is 0. The Morgan fingerprint density at radius 1 is 1.56 bits per heavy atom. The maximum atomic E-state index is 10.5. The van der Waals surface area contributed by atoms with Crippen molar-refractivity contribution in [2.24, 2.45) is 0 Å². The van der Waals surface area contributed by atoms with Gasteiger partial charge < -0.3 is 15.9 Å². The molecule has 5 heteroatoms. The second-order valence-corrected chi connectivity index (χ2v) is 3.36. The van der Waals surface area contributed by atoms with E-state index in [1.54, 1.807) is 6.07 Å². The molecule has 0 bridgehead atoms. The van der Waals surface area contributed by atoms with Gasteiger partial charge in [-0.05, 0) is 23.6 Å². The van der Waals surface area contributed by atoms with E-state index >= 15 is 0 Å². The van der Waals surface area contributed by atoms with Gasteiger partial charge in [0.1, 0.15) is 0 Å². The number of carboxylic acids is 1. The van der Waals surface area contributed by atoms with Crippen molar-refractivity contribution in [2.45, 2.75) is 18.9 Å². The van der Waals surface area contributed by atoms with Crippen molar-refractivity contribution in [3.8, 4) is 6.07 Å². The SMILES string of the molecule is N#CCCc1ccc(C(O)C(=O)O)cc1N. The number of nitrogens with zero attached hydrogens (tertiary/aromatic N) is 1. The Morgan fingerprint density at radius 3 is 2.75 bits per heavy atom. The van der Waals surface area contributed by atoms with Crippen molar-refractivity contribution in [1.82, 2.24) is 0 Å². The van der Waals surface area contributed by atoms with Crippen LogP contribution in [0.2, 0.25) is 0 Å². The number of nitrogen functional groups attached to an aromatic ring is 1. The predicted molar refractivity (Wildman–Crippen MR) is 57.4 cm³/mol. The summed E-state index contributed by atoms with van der Waals surface area (Å²) in [6.07, 6.45) is -0.691. The number of benzene rings is 1. The number of aryl methyl sites for hydroxylation is 1. The molecule has 0 aromatic heterocycles. The van der Waals surface area contributed by atoms with Crippen LogP contribution < -0.4 is 5.73 Å². The number of rotatable bonds is 4. The highest BCUT2D eigenvalue weighted by atomic mass is 16.4. The fraction of sp³-hybridized carbons (Fsp3) is 0.273. The summed E-state index contributed by atoms with van der Waals surface area (Å²) in [5, 5.41) is 26.3. The fourth-order valence-electron chi connectivity index (χ4n) is 1.34. The number of aliphatic hydroxyl groups is 1. The molecule has 1 aromatic carbocycles. The topological polar surface area (TPSA) is 107 Å². The van der Waals surface area contributed by atoms with E-state index in [0.717, 1.165) is 5.56 Å². The van der Waals surface area contributed by atoms with E-state index in [1.807, 2.05) is 6.07 Å². The van der Waals surface area contributed by atoms with Crippen LogP contribution in [0.4, 0.5) is 5.69 Å². The van der Waals surface area contributed by atoms with Gasteiger partial charge in [0.25, 0.3) is 0 Å². The summed E-state index contributed by atoms with van der Waals surface area (Å²) in [6, 6.07) is 6.56. The van der Waals surface area contributed by atoms with E-state index in [1.165, 1.54) is 12.1 Å². The Bertz CT molecular complexity index is 437. The van der Waals surface area contributed by atoms with Gasteiger partial charge in [0.05, 0.1) is 6.07 Å². The van der Waals surface area contributed by atoms with Gasteiger partial charge in [-0.1, -0.05) is 12.1 Å². The molecule has 0 aliphatic heterocycles. The quantitative estimate of drug-likeness (QED) is 0.652. The molecule has 84 valence electrons. The molecule has 1 aromatic rings. The van der Waals surface area contributed by atoms with Crippen molar-refractivity contribution >= 4 is 11.7 Å². The lowest BCUT2D eigenvalue weighted by Crippen LogP contribution is -2.11. The van der Waals surface area contributed by atoms with Crippen LogP contribution in [-0.2, 0) is 11.2 Å². The second kappa shape index (κ2) is 5.14. The zero-order valence-electron chi connectivity index (χ0n) is 8.55. The predicted octanol–water partition coefficient (Wildman–Crippen LogP) is 0.843. The van der Waals surface area contributed by atoms with Gasteiger partial charge in [-0.25, -0.2) is 4.79 Å². The molecule has 0 saturated carbocycles. The van der Waals surface area contributed by atoms with E-state index in [9.17, 15) is 9.90 Å². The third-order valence-electron chi connectivity index (χ3n) is 2.23. The van der Waals surface area contributed by atoms with Crippen LogP contribution in [0.5, 0.6) is 0 Å². The van der Waals surface area contributed by atoms with Crippen LogP contribution in [0.1, 0.15) is 23.7 Å². The molecule has 4 N–H and O–H groups in total. The highest BCUT2D eigenvalue weighted by Gasteiger charge is 2.16. The third-order valence-corrected chi connectivity index (χ3v) is 2.23. The number of hydrogen-bond acceptors (Lipinski definition) is 4. The molecule has 0 fully saturated rings. The van der Waals surface area contributed by atoms with E-state index in [-0.39, 0.29) is 5.56 Å². The zero-order valence-corrected chi connectivity index (χ0v) is 8.55. The number of aliphatic carboxylic acids is 1. The molecule has 0 aliphatic rings.